The molecule has 2 aromatic rings. The van der Waals surface area contributed by atoms with E-state index in [9.17, 15) is 18.0 Å². The van der Waals surface area contributed by atoms with Crippen molar-refractivity contribution >= 4 is 27.4 Å². The summed E-state index contributed by atoms with van der Waals surface area (Å²) in [5.74, 6) is -0.344. The Hall–Kier alpha value is -3.07. The number of amides is 1. The standard InChI is InChI=1S/C19H19NO7S/c1-28(23,24)17-6-3-2-5-14(17)19(22)27-12-18(21)20-13-7-8-15-16(11-13)26-10-4-9-25-15/h2-3,5-8,11H,4,9-10,12H2,1H3,(H,20,21). The van der Waals surface area contributed by atoms with E-state index in [2.05, 4.69) is 5.32 Å². The monoisotopic (exact) mass is 405 g/mol. The van der Waals surface area contributed by atoms with Gasteiger partial charge < -0.3 is 19.5 Å². The highest BCUT2D eigenvalue weighted by atomic mass is 32.2. The van der Waals surface area contributed by atoms with E-state index in [0.29, 0.717) is 30.4 Å². The molecule has 1 aliphatic rings. The van der Waals surface area contributed by atoms with Crippen molar-refractivity contribution in [3.05, 3.63) is 48.0 Å². The molecule has 1 heterocycles. The van der Waals surface area contributed by atoms with Gasteiger partial charge in [-0.15, -0.1) is 0 Å². The Morgan fingerprint density at radius 2 is 1.79 bits per heavy atom. The highest BCUT2D eigenvalue weighted by molar-refractivity contribution is 7.90. The van der Waals surface area contributed by atoms with E-state index in [4.69, 9.17) is 14.2 Å². The minimum atomic E-state index is -3.60. The summed E-state index contributed by atoms with van der Waals surface area (Å²) in [6.07, 6.45) is 1.76. The van der Waals surface area contributed by atoms with E-state index in [1.54, 1.807) is 18.2 Å². The minimum Gasteiger partial charge on any atom is -0.490 e. The Morgan fingerprint density at radius 3 is 2.54 bits per heavy atom. The predicted octanol–water partition coefficient (Wildman–Crippen LogP) is 2.05. The number of rotatable bonds is 5. The van der Waals surface area contributed by atoms with Crippen LogP contribution in [-0.4, -0.2) is 46.4 Å². The molecule has 148 valence electrons. The normalized spacial score (nSPS) is 13.3. The summed E-state index contributed by atoms with van der Waals surface area (Å²) in [4.78, 5) is 24.1. The summed E-state index contributed by atoms with van der Waals surface area (Å²) in [6.45, 7) is 0.511. The first-order valence-corrected chi connectivity index (χ1v) is 10.4. The molecule has 8 nitrogen and oxygen atoms in total. The maximum atomic E-state index is 12.2. The molecule has 0 aromatic heterocycles. The molecule has 0 aliphatic carbocycles. The van der Waals surface area contributed by atoms with Gasteiger partial charge in [-0.05, 0) is 24.3 Å². The van der Waals surface area contributed by atoms with E-state index in [1.807, 2.05) is 0 Å². The van der Waals surface area contributed by atoms with Gasteiger partial charge in [-0.25, -0.2) is 13.2 Å². The van der Waals surface area contributed by atoms with Gasteiger partial charge in [0.25, 0.3) is 5.91 Å². The fraction of sp³-hybridized carbons (Fsp3) is 0.263. The first kappa shape index (κ1) is 19.7. The Labute approximate surface area is 162 Å². The molecule has 0 atom stereocenters. The Balaban J connectivity index is 1.62. The van der Waals surface area contributed by atoms with E-state index >= 15 is 0 Å². The zero-order valence-electron chi connectivity index (χ0n) is 15.1. The van der Waals surface area contributed by atoms with Crippen LogP contribution in [0.2, 0.25) is 0 Å². The molecule has 0 saturated heterocycles. The maximum absolute atomic E-state index is 12.2. The van der Waals surface area contributed by atoms with E-state index < -0.39 is 28.3 Å². The second-order valence-electron chi connectivity index (χ2n) is 6.10. The lowest BCUT2D eigenvalue weighted by Crippen LogP contribution is -2.21. The van der Waals surface area contributed by atoms with Gasteiger partial charge in [0, 0.05) is 24.4 Å². The van der Waals surface area contributed by atoms with Gasteiger partial charge in [0.2, 0.25) is 0 Å². The molecule has 0 unspecified atom stereocenters. The summed E-state index contributed by atoms with van der Waals surface area (Å²) < 4.78 is 39.6. The number of carbonyl (C=O) groups excluding carboxylic acids is 2. The van der Waals surface area contributed by atoms with Crippen LogP contribution in [0.1, 0.15) is 16.8 Å². The summed E-state index contributed by atoms with van der Waals surface area (Å²) in [6, 6.07) is 10.6. The third-order valence-corrected chi connectivity index (χ3v) is 5.03. The highest BCUT2D eigenvalue weighted by Crippen LogP contribution is 2.32. The van der Waals surface area contributed by atoms with Gasteiger partial charge in [-0.2, -0.15) is 0 Å². The SMILES string of the molecule is CS(=O)(=O)c1ccccc1C(=O)OCC(=O)Nc1ccc2c(c1)OCCCO2. The third-order valence-electron chi connectivity index (χ3n) is 3.87. The van der Waals surface area contributed by atoms with Gasteiger partial charge in [-0.1, -0.05) is 12.1 Å². The Morgan fingerprint density at radius 1 is 1.07 bits per heavy atom. The first-order chi connectivity index (χ1) is 13.3. The van der Waals surface area contributed by atoms with Gasteiger partial charge in [0.05, 0.1) is 23.7 Å². The number of sulfone groups is 1. The Bertz CT molecular complexity index is 1000. The molecule has 1 aliphatic heterocycles. The number of benzene rings is 2. The van der Waals surface area contributed by atoms with Crippen molar-refractivity contribution < 1.29 is 32.2 Å². The number of ether oxygens (including phenoxy) is 3. The first-order valence-electron chi connectivity index (χ1n) is 8.50. The second-order valence-corrected chi connectivity index (χ2v) is 8.09. The molecule has 0 saturated carbocycles. The second kappa shape index (κ2) is 8.30. The maximum Gasteiger partial charge on any atom is 0.339 e. The fourth-order valence-corrected chi connectivity index (χ4v) is 3.48. The van der Waals surface area contributed by atoms with Crippen molar-refractivity contribution in [2.24, 2.45) is 0 Å². The van der Waals surface area contributed by atoms with Crippen LogP contribution < -0.4 is 14.8 Å². The molecule has 3 rings (SSSR count). The summed E-state index contributed by atoms with van der Waals surface area (Å²) in [5.41, 5.74) is 0.343. The molecule has 0 spiro atoms. The molecule has 0 radical (unpaired) electrons. The molecule has 1 amide bonds. The van der Waals surface area contributed by atoms with Crippen molar-refractivity contribution in [2.45, 2.75) is 11.3 Å². The molecular weight excluding hydrogens is 386 g/mol. The zero-order chi connectivity index (χ0) is 20.1. The molecule has 0 fully saturated rings. The smallest absolute Gasteiger partial charge is 0.339 e. The van der Waals surface area contributed by atoms with E-state index in [1.165, 1.54) is 24.3 Å². The van der Waals surface area contributed by atoms with Crippen molar-refractivity contribution in [2.75, 3.05) is 31.4 Å². The van der Waals surface area contributed by atoms with Crippen LogP contribution in [-0.2, 0) is 19.4 Å². The number of fused-ring (bicyclic) bond motifs is 1. The highest BCUT2D eigenvalue weighted by Gasteiger charge is 2.20. The molecular formula is C19H19NO7S. The largest absolute Gasteiger partial charge is 0.490 e. The molecule has 9 heteroatoms. The van der Waals surface area contributed by atoms with E-state index in [0.717, 1.165) is 12.7 Å². The number of hydrogen-bond acceptors (Lipinski definition) is 7. The third kappa shape index (κ3) is 4.80. The van der Waals surface area contributed by atoms with Crippen molar-refractivity contribution in [1.82, 2.24) is 0 Å². The van der Waals surface area contributed by atoms with Crippen LogP contribution in [0.4, 0.5) is 5.69 Å². The average Bonchev–Trinajstić information content (AvgIpc) is 2.90. The van der Waals surface area contributed by atoms with Gasteiger partial charge >= 0.3 is 5.97 Å². The lowest BCUT2D eigenvalue weighted by molar-refractivity contribution is -0.119. The van der Waals surface area contributed by atoms with Crippen LogP contribution in [0.25, 0.3) is 0 Å². The summed E-state index contributed by atoms with van der Waals surface area (Å²) >= 11 is 0. The van der Waals surface area contributed by atoms with Crippen molar-refractivity contribution in [1.29, 1.82) is 0 Å². The lowest BCUT2D eigenvalue weighted by atomic mass is 10.2. The van der Waals surface area contributed by atoms with Gasteiger partial charge in [0.1, 0.15) is 0 Å². The number of anilines is 1. The quantitative estimate of drug-likeness (QED) is 0.759. The number of esters is 1. The van der Waals surface area contributed by atoms with Crippen LogP contribution >= 0.6 is 0 Å². The van der Waals surface area contributed by atoms with E-state index in [-0.39, 0.29) is 10.5 Å². The van der Waals surface area contributed by atoms with Crippen molar-refractivity contribution in [3.63, 3.8) is 0 Å². The van der Waals surface area contributed by atoms with Crippen LogP contribution in [0.5, 0.6) is 11.5 Å². The summed E-state index contributed by atoms with van der Waals surface area (Å²) in [7, 11) is -3.60. The predicted molar refractivity (Wildman–Crippen MR) is 101 cm³/mol. The average molecular weight is 405 g/mol. The molecule has 1 N–H and O–H groups in total. The molecule has 28 heavy (non-hydrogen) atoms. The number of carbonyl (C=O) groups is 2. The summed E-state index contributed by atoms with van der Waals surface area (Å²) in [5, 5.41) is 2.59. The van der Waals surface area contributed by atoms with Crippen molar-refractivity contribution in [3.8, 4) is 11.5 Å². The molecule has 0 bridgehead atoms. The van der Waals surface area contributed by atoms with Crippen LogP contribution in [0, 0.1) is 0 Å². The lowest BCUT2D eigenvalue weighted by Gasteiger charge is -2.11. The topological polar surface area (TPSA) is 108 Å². The van der Waals surface area contributed by atoms with Gasteiger partial charge in [0.15, 0.2) is 27.9 Å². The van der Waals surface area contributed by atoms with Crippen LogP contribution in [0.15, 0.2) is 47.4 Å². The number of hydrogen-bond donors (Lipinski definition) is 1. The number of nitrogens with one attached hydrogen (secondary N) is 1. The molecule has 2 aromatic carbocycles. The van der Waals surface area contributed by atoms with Crippen LogP contribution in [0.3, 0.4) is 0 Å². The Kier molecular flexibility index (Phi) is 5.84. The zero-order valence-corrected chi connectivity index (χ0v) is 16.0. The van der Waals surface area contributed by atoms with Gasteiger partial charge in [-0.3, -0.25) is 4.79 Å². The minimum absolute atomic E-state index is 0.117. The fourth-order valence-electron chi connectivity index (χ4n) is 2.61.